The van der Waals surface area contributed by atoms with Gasteiger partial charge >= 0.3 is 0 Å². The van der Waals surface area contributed by atoms with E-state index >= 15 is 0 Å². The van der Waals surface area contributed by atoms with Crippen LogP contribution in [-0.2, 0) is 6.42 Å². The van der Waals surface area contributed by atoms with Crippen LogP contribution < -0.4 is 0 Å². The zero-order chi connectivity index (χ0) is 14.7. The van der Waals surface area contributed by atoms with Crippen LogP contribution in [0.3, 0.4) is 0 Å². The molecule has 3 aromatic rings. The summed E-state index contributed by atoms with van der Waals surface area (Å²) in [4.78, 5) is 1.51. The summed E-state index contributed by atoms with van der Waals surface area (Å²) in [7, 11) is 0. The molecule has 1 atom stereocenters. The predicted octanol–water partition coefficient (Wildman–Crippen LogP) is 3.20. The molecule has 0 saturated heterocycles. The molecule has 4 nitrogen and oxygen atoms in total. The average Bonchev–Trinajstić information content (AvgIpc) is 3.00. The number of benzene rings is 2. The van der Waals surface area contributed by atoms with Crippen LogP contribution in [0.25, 0.3) is 5.69 Å². The monoisotopic (exact) mass is 299 g/mol. The first-order valence-corrected chi connectivity index (χ1v) is 7.01. The third kappa shape index (κ3) is 3.12. The molecule has 0 bridgehead atoms. The Bertz CT molecular complexity index is 727. The smallest absolute Gasteiger partial charge is 0.112 e. The van der Waals surface area contributed by atoms with Gasteiger partial charge in [-0.3, -0.25) is 0 Å². The van der Waals surface area contributed by atoms with Gasteiger partial charge in [0.25, 0.3) is 0 Å². The van der Waals surface area contributed by atoms with Gasteiger partial charge in [-0.2, -0.15) is 15.0 Å². The van der Waals surface area contributed by atoms with Crippen LogP contribution in [0.15, 0.2) is 60.8 Å². The largest absolute Gasteiger partial charge is 0.386 e. The first-order valence-electron chi connectivity index (χ1n) is 6.63. The molecule has 1 unspecified atom stereocenters. The second-order valence-corrected chi connectivity index (χ2v) is 5.11. The molecule has 0 radical (unpaired) electrons. The number of nitrogens with zero attached hydrogens (tertiary/aromatic N) is 3. The SMILES string of the molecule is OC(Cc1ccccc1Cl)c1cnn(-c2ccccc2)n1. The van der Waals surface area contributed by atoms with Crippen molar-refractivity contribution in [3.63, 3.8) is 0 Å². The Morgan fingerprint density at radius 3 is 2.52 bits per heavy atom. The summed E-state index contributed by atoms with van der Waals surface area (Å²) in [5, 5.41) is 19.4. The molecular formula is C16H14ClN3O. The Labute approximate surface area is 127 Å². The van der Waals surface area contributed by atoms with Gasteiger partial charge in [0, 0.05) is 11.4 Å². The van der Waals surface area contributed by atoms with E-state index in [-0.39, 0.29) is 0 Å². The molecular weight excluding hydrogens is 286 g/mol. The van der Waals surface area contributed by atoms with E-state index in [1.807, 2.05) is 54.6 Å². The van der Waals surface area contributed by atoms with Crippen LogP contribution in [-0.4, -0.2) is 20.1 Å². The molecule has 1 aromatic heterocycles. The average molecular weight is 300 g/mol. The summed E-state index contributed by atoms with van der Waals surface area (Å²) in [5.41, 5.74) is 2.27. The summed E-state index contributed by atoms with van der Waals surface area (Å²) < 4.78 is 0. The van der Waals surface area contributed by atoms with Crippen molar-refractivity contribution < 1.29 is 5.11 Å². The van der Waals surface area contributed by atoms with E-state index in [1.165, 1.54) is 4.80 Å². The molecule has 2 aromatic carbocycles. The minimum atomic E-state index is -0.734. The molecule has 0 aliphatic carbocycles. The van der Waals surface area contributed by atoms with Crippen molar-refractivity contribution >= 4 is 11.6 Å². The van der Waals surface area contributed by atoms with Crippen molar-refractivity contribution in [2.75, 3.05) is 0 Å². The van der Waals surface area contributed by atoms with E-state index in [0.717, 1.165) is 11.3 Å². The Morgan fingerprint density at radius 2 is 1.76 bits per heavy atom. The third-order valence-electron chi connectivity index (χ3n) is 3.21. The van der Waals surface area contributed by atoms with Crippen molar-refractivity contribution in [1.82, 2.24) is 15.0 Å². The second kappa shape index (κ2) is 6.08. The topological polar surface area (TPSA) is 50.9 Å². The summed E-state index contributed by atoms with van der Waals surface area (Å²) in [6, 6.07) is 17.0. The van der Waals surface area contributed by atoms with Gasteiger partial charge in [0.2, 0.25) is 0 Å². The van der Waals surface area contributed by atoms with Gasteiger partial charge in [0.05, 0.1) is 11.9 Å². The van der Waals surface area contributed by atoms with E-state index in [9.17, 15) is 5.11 Å². The van der Waals surface area contributed by atoms with Gasteiger partial charge in [0.1, 0.15) is 11.8 Å². The van der Waals surface area contributed by atoms with Crippen molar-refractivity contribution in [1.29, 1.82) is 0 Å². The van der Waals surface area contributed by atoms with Crippen LogP contribution >= 0.6 is 11.6 Å². The zero-order valence-corrected chi connectivity index (χ0v) is 12.0. The maximum atomic E-state index is 10.3. The molecule has 21 heavy (non-hydrogen) atoms. The molecule has 0 aliphatic heterocycles. The molecule has 0 spiro atoms. The molecule has 0 fully saturated rings. The van der Waals surface area contributed by atoms with Crippen molar-refractivity contribution in [3.05, 3.63) is 77.1 Å². The standard InChI is InChI=1S/C16H14ClN3O/c17-14-9-5-4-6-12(14)10-16(21)15-11-18-20(19-15)13-7-2-1-3-8-13/h1-9,11,16,21H,10H2. The second-order valence-electron chi connectivity index (χ2n) is 4.71. The Morgan fingerprint density at radius 1 is 1.05 bits per heavy atom. The summed E-state index contributed by atoms with van der Waals surface area (Å²) in [5.74, 6) is 0. The first kappa shape index (κ1) is 13.8. The minimum Gasteiger partial charge on any atom is -0.386 e. The maximum absolute atomic E-state index is 10.3. The van der Waals surface area contributed by atoms with Crippen LogP contribution in [0.1, 0.15) is 17.4 Å². The molecule has 1 N–H and O–H groups in total. The highest BCUT2D eigenvalue weighted by Gasteiger charge is 2.14. The highest BCUT2D eigenvalue weighted by Crippen LogP contribution is 2.22. The van der Waals surface area contributed by atoms with Gasteiger partial charge in [-0.15, -0.1) is 0 Å². The van der Waals surface area contributed by atoms with Crippen LogP contribution in [0.2, 0.25) is 5.02 Å². The van der Waals surface area contributed by atoms with E-state index in [0.29, 0.717) is 17.1 Å². The van der Waals surface area contributed by atoms with Gasteiger partial charge in [-0.05, 0) is 23.8 Å². The molecule has 5 heteroatoms. The number of aliphatic hydroxyl groups excluding tert-OH is 1. The number of hydrogen-bond donors (Lipinski definition) is 1. The highest BCUT2D eigenvalue weighted by molar-refractivity contribution is 6.31. The molecule has 106 valence electrons. The molecule has 3 rings (SSSR count). The van der Waals surface area contributed by atoms with Crippen LogP contribution in [0.4, 0.5) is 0 Å². The van der Waals surface area contributed by atoms with E-state index in [1.54, 1.807) is 6.20 Å². The van der Waals surface area contributed by atoms with Gasteiger partial charge < -0.3 is 5.11 Å². The fourth-order valence-corrected chi connectivity index (χ4v) is 2.30. The molecule has 1 heterocycles. The number of aliphatic hydroxyl groups is 1. The number of para-hydroxylation sites is 1. The van der Waals surface area contributed by atoms with Crippen molar-refractivity contribution in [3.8, 4) is 5.69 Å². The summed E-state index contributed by atoms with van der Waals surface area (Å²) in [6.07, 6.45) is 1.25. The predicted molar refractivity (Wildman–Crippen MR) is 81.5 cm³/mol. The Balaban J connectivity index is 1.79. The van der Waals surface area contributed by atoms with E-state index in [4.69, 9.17) is 11.6 Å². The lowest BCUT2D eigenvalue weighted by Crippen LogP contribution is -2.05. The third-order valence-corrected chi connectivity index (χ3v) is 3.58. The number of halogens is 1. The quantitative estimate of drug-likeness (QED) is 0.805. The number of rotatable bonds is 4. The fourth-order valence-electron chi connectivity index (χ4n) is 2.09. The molecule has 0 amide bonds. The van der Waals surface area contributed by atoms with Gasteiger partial charge in [-0.1, -0.05) is 48.0 Å². The van der Waals surface area contributed by atoms with Crippen molar-refractivity contribution in [2.45, 2.75) is 12.5 Å². The number of hydrogen-bond acceptors (Lipinski definition) is 3. The highest BCUT2D eigenvalue weighted by atomic mass is 35.5. The van der Waals surface area contributed by atoms with Crippen molar-refractivity contribution in [2.24, 2.45) is 0 Å². The lowest BCUT2D eigenvalue weighted by molar-refractivity contribution is 0.173. The Hall–Kier alpha value is -2.17. The zero-order valence-electron chi connectivity index (χ0n) is 11.2. The molecule has 0 saturated carbocycles. The minimum absolute atomic E-state index is 0.410. The van der Waals surface area contributed by atoms with Gasteiger partial charge in [0.15, 0.2) is 0 Å². The lowest BCUT2D eigenvalue weighted by Gasteiger charge is -2.08. The van der Waals surface area contributed by atoms with Crippen LogP contribution in [0.5, 0.6) is 0 Å². The van der Waals surface area contributed by atoms with Gasteiger partial charge in [-0.25, -0.2) is 0 Å². The van der Waals surface area contributed by atoms with E-state index in [2.05, 4.69) is 10.2 Å². The first-order chi connectivity index (χ1) is 10.2. The molecule has 0 aliphatic rings. The normalized spacial score (nSPS) is 12.3. The lowest BCUT2D eigenvalue weighted by atomic mass is 10.1. The summed E-state index contributed by atoms with van der Waals surface area (Å²) in [6.45, 7) is 0. The fraction of sp³-hybridized carbons (Fsp3) is 0.125. The van der Waals surface area contributed by atoms with Crippen LogP contribution in [0, 0.1) is 0 Å². The maximum Gasteiger partial charge on any atom is 0.112 e. The number of aromatic nitrogens is 3. The Kier molecular flexibility index (Phi) is 3.99. The van der Waals surface area contributed by atoms with E-state index < -0.39 is 6.10 Å². The summed E-state index contributed by atoms with van der Waals surface area (Å²) >= 11 is 6.10.